The highest BCUT2D eigenvalue weighted by atomic mass is 19.1. The maximum atomic E-state index is 16.1. The molecule has 0 radical (unpaired) electrons. The fourth-order valence-corrected chi connectivity index (χ4v) is 4.58. The number of rotatable bonds is 5. The third-order valence-corrected chi connectivity index (χ3v) is 6.27. The Bertz CT molecular complexity index is 1840. The number of hydrogen-bond donors (Lipinski definition) is 3. The van der Waals surface area contributed by atoms with Crippen molar-refractivity contribution in [1.82, 2.24) is 35.1 Å². The van der Waals surface area contributed by atoms with Crippen molar-refractivity contribution in [2.24, 2.45) is 5.41 Å². The van der Waals surface area contributed by atoms with E-state index in [9.17, 15) is 4.79 Å². The molecule has 194 valence electrons. The number of carbonyl (C=O) groups is 1. The Kier molecular flexibility index (Phi) is 5.86. The first-order valence-corrected chi connectivity index (χ1v) is 12.4. The van der Waals surface area contributed by atoms with Crippen molar-refractivity contribution in [2.75, 3.05) is 5.32 Å². The fraction of sp³-hybridized carbons (Fsp3) is 0.172. The Morgan fingerprint density at radius 3 is 2.56 bits per heavy atom. The van der Waals surface area contributed by atoms with Crippen LogP contribution < -0.4 is 5.32 Å². The molecule has 3 N–H and O–H groups in total. The monoisotopic (exact) mass is 520 g/mol. The second-order valence-electron chi connectivity index (χ2n) is 10.5. The van der Waals surface area contributed by atoms with Gasteiger partial charge in [-0.1, -0.05) is 20.8 Å². The normalized spacial score (nSPS) is 11.8. The van der Waals surface area contributed by atoms with Crippen LogP contribution in [0.15, 0.2) is 67.4 Å². The van der Waals surface area contributed by atoms with Gasteiger partial charge in [-0.05, 0) is 41.8 Å². The number of nitrogens with zero attached hydrogens (tertiary/aromatic N) is 5. The maximum absolute atomic E-state index is 16.1. The van der Waals surface area contributed by atoms with Crippen molar-refractivity contribution >= 4 is 33.5 Å². The number of hydrogen-bond acceptors (Lipinski definition) is 6. The van der Waals surface area contributed by atoms with Crippen LogP contribution in [-0.2, 0) is 4.79 Å². The Balaban J connectivity index is 1.40. The summed E-state index contributed by atoms with van der Waals surface area (Å²) in [6.07, 6.45) is 8.56. The molecule has 0 spiro atoms. The smallest absolute Gasteiger partial charge is 0.224 e. The molecule has 6 rings (SSSR count). The molecule has 0 atom stereocenters. The molecule has 0 fully saturated rings. The van der Waals surface area contributed by atoms with Crippen molar-refractivity contribution in [3.05, 3.63) is 73.2 Å². The van der Waals surface area contributed by atoms with Gasteiger partial charge in [0.2, 0.25) is 5.91 Å². The van der Waals surface area contributed by atoms with Crippen molar-refractivity contribution in [3.63, 3.8) is 0 Å². The molecule has 0 saturated heterocycles. The largest absolute Gasteiger partial charge is 0.336 e. The number of imidazole rings is 1. The molecule has 0 unspecified atom stereocenters. The summed E-state index contributed by atoms with van der Waals surface area (Å²) in [6, 6.07) is 10.7. The van der Waals surface area contributed by atoms with Crippen LogP contribution >= 0.6 is 0 Å². The zero-order chi connectivity index (χ0) is 27.1. The lowest BCUT2D eigenvalue weighted by molar-refractivity contribution is -0.117. The van der Waals surface area contributed by atoms with Gasteiger partial charge >= 0.3 is 0 Å². The number of halogens is 1. The topological polar surface area (TPSA) is 125 Å². The number of aromatic amines is 2. The van der Waals surface area contributed by atoms with Gasteiger partial charge in [-0.2, -0.15) is 5.10 Å². The second-order valence-corrected chi connectivity index (χ2v) is 10.5. The van der Waals surface area contributed by atoms with Crippen molar-refractivity contribution in [2.45, 2.75) is 27.2 Å². The van der Waals surface area contributed by atoms with E-state index in [1.807, 2.05) is 39.0 Å². The van der Waals surface area contributed by atoms with E-state index >= 15 is 4.39 Å². The van der Waals surface area contributed by atoms with Gasteiger partial charge in [-0.15, -0.1) is 0 Å². The number of H-pyrrole nitrogens is 2. The summed E-state index contributed by atoms with van der Waals surface area (Å²) in [5.74, 6) is -0.180. The van der Waals surface area contributed by atoms with Gasteiger partial charge in [0, 0.05) is 47.9 Å². The lowest BCUT2D eigenvalue weighted by Gasteiger charge is -2.17. The number of amides is 1. The van der Waals surface area contributed by atoms with E-state index in [0.29, 0.717) is 56.9 Å². The minimum Gasteiger partial charge on any atom is -0.336 e. The zero-order valence-electron chi connectivity index (χ0n) is 21.6. The summed E-state index contributed by atoms with van der Waals surface area (Å²) in [4.78, 5) is 33.3. The Morgan fingerprint density at radius 1 is 0.949 bits per heavy atom. The van der Waals surface area contributed by atoms with E-state index in [1.54, 1.807) is 49.2 Å². The molecule has 0 aliphatic heterocycles. The van der Waals surface area contributed by atoms with Crippen LogP contribution in [0.4, 0.5) is 10.1 Å². The van der Waals surface area contributed by atoms with Crippen LogP contribution in [-0.4, -0.2) is 41.0 Å². The molecule has 10 heteroatoms. The number of aromatic nitrogens is 7. The summed E-state index contributed by atoms with van der Waals surface area (Å²) in [5.41, 5.74) is 5.05. The first kappa shape index (κ1) is 24.4. The molecule has 0 aliphatic carbocycles. The minimum atomic E-state index is -0.468. The number of nitrogens with one attached hydrogen (secondary N) is 3. The molecular formula is C29H25FN8O. The van der Waals surface area contributed by atoms with Gasteiger partial charge in [0.15, 0.2) is 5.82 Å². The average Bonchev–Trinajstić information content (AvgIpc) is 3.53. The van der Waals surface area contributed by atoms with Crippen LogP contribution in [0.1, 0.15) is 27.2 Å². The summed E-state index contributed by atoms with van der Waals surface area (Å²) >= 11 is 0. The van der Waals surface area contributed by atoms with Crippen molar-refractivity contribution < 1.29 is 9.18 Å². The van der Waals surface area contributed by atoms with E-state index in [2.05, 4.69) is 35.5 Å². The van der Waals surface area contributed by atoms with Crippen molar-refractivity contribution in [1.29, 1.82) is 0 Å². The summed E-state index contributed by atoms with van der Waals surface area (Å²) in [7, 11) is 0. The lowest BCUT2D eigenvalue weighted by atomic mass is 9.92. The summed E-state index contributed by atoms with van der Waals surface area (Å²) in [5, 5.41) is 10.5. The van der Waals surface area contributed by atoms with Gasteiger partial charge in [0.25, 0.3) is 0 Å². The standard InChI is InChI=1S/C29H25FN8O/c1-29(2,3)13-22(39)34-18-12-17(14-32-15-18)19-4-5-20-23(24(19)30)27(38-37-20)28-35-21-8-11-33-25(26(21)36-28)16-6-9-31-10-7-16/h4-12,14-15H,13H2,1-3H3,(H,34,39)(H,35,36)(H,37,38). The molecule has 39 heavy (non-hydrogen) atoms. The van der Waals surface area contributed by atoms with Crippen LogP contribution in [0.5, 0.6) is 0 Å². The van der Waals surface area contributed by atoms with Crippen LogP contribution in [0.25, 0.3) is 55.8 Å². The second kappa shape index (κ2) is 9.39. The van der Waals surface area contributed by atoms with Gasteiger partial charge in [0.05, 0.1) is 34.0 Å². The zero-order valence-corrected chi connectivity index (χ0v) is 21.6. The van der Waals surface area contributed by atoms with E-state index < -0.39 is 5.82 Å². The quantitative estimate of drug-likeness (QED) is 0.251. The Morgan fingerprint density at radius 2 is 1.77 bits per heavy atom. The molecule has 0 bridgehead atoms. The molecular weight excluding hydrogens is 495 g/mol. The predicted octanol–water partition coefficient (Wildman–Crippen LogP) is 6.14. The lowest BCUT2D eigenvalue weighted by Crippen LogP contribution is -2.19. The van der Waals surface area contributed by atoms with Crippen LogP contribution in [0.3, 0.4) is 0 Å². The number of fused-ring (bicyclic) bond motifs is 2. The highest BCUT2D eigenvalue weighted by Gasteiger charge is 2.21. The highest BCUT2D eigenvalue weighted by Crippen LogP contribution is 2.35. The summed E-state index contributed by atoms with van der Waals surface area (Å²) in [6.45, 7) is 5.98. The van der Waals surface area contributed by atoms with Crippen LogP contribution in [0, 0.1) is 11.2 Å². The minimum absolute atomic E-state index is 0.125. The van der Waals surface area contributed by atoms with Gasteiger partial charge < -0.3 is 10.3 Å². The average molecular weight is 521 g/mol. The van der Waals surface area contributed by atoms with Gasteiger partial charge in [-0.25, -0.2) is 9.37 Å². The summed E-state index contributed by atoms with van der Waals surface area (Å²) < 4.78 is 16.1. The van der Waals surface area contributed by atoms with Crippen LogP contribution in [0.2, 0.25) is 0 Å². The number of anilines is 1. The Labute approximate surface area is 223 Å². The van der Waals surface area contributed by atoms with E-state index in [0.717, 1.165) is 11.1 Å². The molecule has 1 amide bonds. The Hall–Kier alpha value is -4.99. The number of carbonyl (C=O) groups excluding carboxylic acids is 1. The van der Waals surface area contributed by atoms with E-state index in [4.69, 9.17) is 4.98 Å². The van der Waals surface area contributed by atoms with Gasteiger partial charge in [0.1, 0.15) is 17.0 Å². The molecule has 9 nitrogen and oxygen atoms in total. The highest BCUT2D eigenvalue weighted by molar-refractivity contribution is 5.98. The predicted molar refractivity (Wildman–Crippen MR) is 148 cm³/mol. The van der Waals surface area contributed by atoms with E-state index in [-0.39, 0.29) is 11.3 Å². The maximum Gasteiger partial charge on any atom is 0.224 e. The molecule has 0 aliphatic rings. The SMILES string of the molecule is CC(C)(C)CC(=O)Nc1cncc(-c2ccc3[nH]nc(-c4nc5c(-c6ccncc6)nccc5[nH]4)c3c2F)c1. The number of benzene rings is 1. The fourth-order valence-electron chi connectivity index (χ4n) is 4.58. The molecule has 1 aromatic carbocycles. The van der Waals surface area contributed by atoms with E-state index in [1.165, 1.54) is 0 Å². The third-order valence-electron chi connectivity index (χ3n) is 6.27. The number of pyridine rings is 3. The first-order valence-electron chi connectivity index (χ1n) is 12.4. The van der Waals surface area contributed by atoms with Gasteiger partial charge in [-0.3, -0.25) is 24.8 Å². The van der Waals surface area contributed by atoms with Crippen molar-refractivity contribution in [3.8, 4) is 33.9 Å². The molecule has 6 aromatic rings. The third kappa shape index (κ3) is 4.72. The molecule has 0 saturated carbocycles. The first-order chi connectivity index (χ1) is 18.8. The molecule has 5 aromatic heterocycles. The molecule has 5 heterocycles.